The van der Waals surface area contributed by atoms with Gasteiger partial charge in [-0.1, -0.05) is 6.07 Å². The van der Waals surface area contributed by atoms with E-state index in [-0.39, 0.29) is 16.7 Å². The van der Waals surface area contributed by atoms with Crippen molar-refractivity contribution in [2.75, 3.05) is 13.1 Å². The molecule has 3 N–H and O–H groups in total. The molecule has 1 fully saturated rings. The molecule has 0 aliphatic carbocycles. The van der Waals surface area contributed by atoms with Crippen LogP contribution in [0.5, 0.6) is 0 Å². The molecule has 0 amide bonds. The van der Waals surface area contributed by atoms with Crippen molar-refractivity contribution in [2.24, 2.45) is 0 Å². The number of aliphatic hydroxyl groups excluding tert-OH is 2. The number of β-amino-alcohol motifs (C(OH)–C–C–N with tert-alkyl or cyclic N) is 1. The maximum Gasteiger partial charge on any atom is 0.270 e. The monoisotopic (exact) mass is 304 g/mol. The molecule has 0 aromatic heterocycles. The summed E-state index contributed by atoms with van der Waals surface area (Å²) in [5.74, 6) is 0. The number of nitro benzene ring substituents is 1. The van der Waals surface area contributed by atoms with E-state index >= 15 is 0 Å². The van der Waals surface area contributed by atoms with E-state index in [1.165, 1.54) is 18.2 Å². The maximum absolute atomic E-state index is 11.4. The van der Waals surface area contributed by atoms with Gasteiger partial charge in [0.05, 0.1) is 15.9 Å². The molecule has 1 unspecified atom stereocenters. The Morgan fingerprint density at radius 2 is 2.00 bits per heavy atom. The molecule has 0 saturated carbocycles. The van der Waals surface area contributed by atoms with Gasteiger partial charge in [0.1, 0.15) is 0 Å². The Bertz CT molecular complexity index is 568. The van der Waals surface area contributed by atoms with Crippen molar-refractivity contribution in [3.63, 3.8) is 0 Å². The number of nitrogens with one attached hydrogen (secondary N) is 1. The normalized spacial score (nSPS) is 16.6. The van der Waals surface area contributed by atoms with Crippen LogP contribution >= 0.6 is 0 Å². The number of nitro groups is 1. The molecule has 1 saturated heterocycles. The van der Waals surface area contributed by atoms with Crippen molar-refractivity contribution in [3.8, 4) is 0 Å². The Labute approximate surface area is 116 Å². The molecule has 1 aliphatic rings. The van der Waals surface area contributed by atoms with Crippen LogP contribution in [0.25, 0.3) is 0 Å². The summed E-state index contributed by atoms with van der Waals surface area (Å²) in [5, 5.41) is 30.7. The predicted octanol–water partition coefficient (Wildman–Crippen LogP) is -0.343. The van der Waals surface area contributed by atoms with Crippen LogP contribution in [0, 0.1) is 10.1 Å². The molecule has 20 heavy (non-hydrogen) atoms. The fraction of sp³-hybridized carbons (Fsp3) is 0.455. The van der Waals surface area contributed by atoms with Crippen LogP contribution in [0.15, 0.2) is 29.2 Å². The van der Waals surface area contributed by atoms with Crippen LogP contribution in [0.1, 0.15) is 6.92 Å². The highest BCUT2D eigenvalue weighted by Crippen LogP contribution is 2.20. The van der Waals surface area contributed by atoms with Gasteiger partial charge in [-0.15, -0.1) is 0 Å². The van der Waals surface area contributed by atoms with E-state index in [1.807, 2.05) is 0 Å². The number of aliphatic hydroxyl groups is 2. The van der Waals surface area contributed by atoms with E-state index in [2.05, 4.69) is 5.32 Å². The Morgan fingerprint density at radius 1 is 1.45 bits per heavy atom. The lowest BCUT2D eigenvalue weighted by atomic mass is 10.2. The lowest BCUT2D eigenvalue weighted by Gasteiger charge is -2.20. The molecule has 112 valence electrons. The van der Waals surface area contributed by atoms with Crippen molar-refractivity contribution in [1.29, 1.82) is 0 Å². The Kier molecular flexibility index (Phi) is 5.57. The van der Waals surface area contributed by atoms with Crippen LogP contribution in [0.3, 0.4) is 0 Å². The molecule has 1 atom stereocenters. The first-order valence-electron chi connectivity index (χ1n) is 5.80. The van der Waals surface area contributed by atoms with E-state index < -0.39 is 20.2 Å². The third kappa shape index (κ3) is 4.23. The first kappa shape index (κ1) is 16.5. The van der Waals surface area contributed by atoms with Gasteiger partial charge in [-0.3, -0.25) is 10.1 Å². The molecule has 0 bridgehead atoms. The molecule has 1 aliphatic heterocycles. The number of sulfone groups is 1. The number of hydrogen-bond acceptors (Lipinski definition) is 7. The summed E-state index contributed by atoms with van der Waals surface area (Å²) in [5.41, 5.74) is -1.91. The molecule has 9 heteroatoms. The zero-order chi connectivity index (χ0) is 15.3. The Morgan fingerprint density at radius 3 is 2.35 bits per heavy atom. The van der Waals surface area contributed by atoms with Crippen molar-refractivity contribution in [2.45, 2.75) is 23.4 Å². The van der Waals surface area contributed by atoms with E-state index in [4.69, 9.17) is 10.2 Å². The van der Waals surface area contributed by atoms with Crippen LogP contribution in [-0.2, 0) is 9.84 Å². The first-order valence-corrected chi connectivity index (χ1v) is 7.35. The molecular weight excluding hydrogens is 288 g/mol. The van der Waals surface area contributed by atoms with E-state index in [0.29, 0.717) is 0 Å². The number of nitrogens with zero attached hydrogens (tertiary/aromatic N) is 1. The molecule has 0 radical (unpaired) electrons. The minimum atomic E-state index is -3.88. The zero-order valence-electron chi connectivity index (χ0n) is 10.8. The Balaban J connectivity index is 0.000000333. The number of hydrogen-bond donors (Lipinski definition) is 3. The van der Waals surface area contributed by atoms with E-state index in [0.717, 1.165) is 26.1 Å². The topological polar surface area (TPSA) is 130 Å². The molecule has 1 aromatic carbocycles. The van der Waals surface area contributed by atoms with Gasteiger partial charge in [-0.05, 0) is 13.0 Å². The van der Waals surface area contributed by atoms with Crippen molar-refractivity contribution >= 4 is 15.5 Å². The van der Waals surface area contributed by atoms with Crippen LogP contribution in [0.2, 0.25) is 0 Å². The standard InChI is InChI=1S/C8H9NO5S.C3H7NO/c1-6(10)15(13,14)8-4-2-3-7(5-8)9(11)12;5-3-1-4-2-3/h2-6,10H,1H3;3-5H,1-2H2. The summed E-state index contributed by atoms with van der Waals surface area (Å²) >= 11 is 0. The third-order valence-electron chi connectivity index (χ3n) is 2.57. The van der Waals surface area contributed by atoms with Crippen LogP contribution in [0.4, 0.5) is 5.69 Å². The second-order valence-corrected chi connectivity index (χ2v) is 6.45. The second-order valence-electron chi connectivity index (χ2n) is 4.21. The molecule has 8 nitrogen and oxygen atoms in total. The van der Waals surface area contributed by atoms with Gasteiger partial charge in [-0.25, -0.2) is 8.42 Å². The largest absolute Gasteiger partial charge is 0.390 e. The summed E-state index contributed by atoms with van der Waals surface area (Å²) < 4.78 is 22.9. The minimum absolute atomic E-state index is 0.0463. The summed E-state index contributed by atoms with van der Waals surface area (Å²) in [6, 6.07) is 4.56. The lowest BCUT2D eigenvalue weighted by molar-refractivity contribution is -0.385. The number of benzene rings is 1. The lowest BCUT2D eigenvalue weighted by Crippen LogP contribution is -2.46. The average molecular weight is 304 g/mol. The summed E-state index contributed by atoms with van der Waals surface area (Å²) in [4.78, 5) is 9.45. The smallest absolute Gasteiger partial charge is 0.270 e. The SMILES string of the molecule is CC(O)S(=O)(=O)c1cccc([N+](=O)[O-])c1.OC1CNC1. The first-order chi connectivity index (χ1) is 9.25. The number of non-ortho nitro benzene ring substituents is 1. The highest BCUT2D eigenvalue weighted by Gasteiger charge is 2.22. The van der Waals surface area contributed by atoms with Gasteiger partial charge in [-0.2, -0.15) is 0 Å². The highest BCUT2D eigenvalue weighted by molar-refractivity contribution is 7.91. The van der Waals surface area contributed by atoms with Gasteiger partial charge in [0.15, 0.2) is 5.44 Å². The fourth-order valence-corrected chi connectivity index (χ4v) is 2.19. The van der Waals surface area contributed by atoms with Crippen molar-refractivity contribution in [1.82, 2.24) is 5.32 Å². The summed E-state index contributed by atoms with van der Waals surface area (Å²) in [7, 11) is -3.88. The Hall–Kier alpha value is -1.55. The van der Waals surface area contributed by atoms with E-state index in [1.54, 1.807) is 0 Å². The average Bonchev–Trinajstić information content (AvgIpc) is 2.37. The molecule has 0 spiro atoms. The molecule has 1 aromatic rings. The highest BCUT2D eigenvalue weighted by atomic mass is 32.2. The molecule has 1 heterocycles. The molecular formula is C11H16N2O6S. The van der Waals surface area contributed by atoms with Gasteiger partial charge in [0.2, 0.25) is 9.84 Å². The predicted molar refractivity (Wildman–Crippen MR) is 70.8 cm³/mol. The minimum Gasteiger partial charge on any atom is -0.390 e. The summed E-state index contributed by atoms with van der Waals surface area (Å²) in [6.45, 7) is 2.67. The third-order valence-corrected chi connectivity index (χ3v) is 4.38. The van der Waals surface area contributed by atoms with Crippen LogP contribution < -0.4 is 5.32 Å². The quantitative estimate of drug-likeness (QED) is 0.514. The zero-order valence-corrected chi connectivity index (χ0v) is 11.6. The number of rotatable bonds is 3. The van der Waals surface area contributed by atoms with Crippen LogP contribution in [-0.4, -0.2) is 48.2 Å². The van der Waals surface area contributed by atoms with Gasteiger partial charge in [0, 0.05) is 25.2 Å². The van der Waals surface area contributed by atoms with E-state index in [9.17, 15) is 18.5 Å². The van der Waals surface area contributed by atoms with Gasteiger partial charge < -0.3 is 15.5 Å². The maximum atomic E-state index is 11.4. The van der Waals surface area contributed by atoms with Crippen molar-refractivity contribution in [3.05, 3.63) is 34.4 Å². The van der Waals surface area contributed by atoms with Gasteiger partial charge in [0.25, 0.3) is 5.69 Å². The fourth-order valence-electron chi connectivity index (χ4n) is 1.24. The van der Waals surface area contributed by atoms with Gasteiger partial charge >= 0.3 is 0 Å². The van der Waals surface area contributed by atoms with Crippen molar-refractivity contribution < 1.29 is 23.6 Å². The molecule has 2 rings (SSSR count). The summed E-state index contributed by atoms with van der Waals surface area (Å²) in [6.07, 6.45) is -0.0463. The second kappa shape index (κ2) is 6.75.